The molecule has 0 saturated carbocycles. The Morgan fingerprint density at radius 2 is 1.95 bits per heavy atom. The fourth-order valence-electron chi connectivity index (χ4n) is 2.18. The van der Waals surface area contributed by atoms with Gasteiger partial charge in [-0.25, -0.2) is 0 Å². The number of nitrogens with one attached hydrogen (secondary N) is 1. The van der Waals surface area contributed by atoms with Crippen LogP contribution in [0.5, 0.6) is 5.75 Å². The van der Waals surface area contributed by atoms with E-state index in [9.17, 15) is 0 Å². The molecule has 1 unspecified atom stereocenters. The third-order valence-electron chi connectivity index (χ3n) is 2.96. The summed E-state index contributed by atoms with van der Waals surface area (Å²) in [6.45, 7) is 7.02. The van der Waals surface area contributed by atoms with Crippen molar-refractivity contribution in [1.29, 1.82) is 0 Å². The Bertz CT molecular complexity index is 551. The minimum atomic E-state index is 0.0445. The van der Waals surface area contributed by atoms with E-state index in [0.29, 0.717) is 0 Å². The number of hydrogen-bond donors (Lipinski definition) is 1. The Morgan fingerprint density at radius 3 is 2.55 bits per heavy atom. The lowest BCUT2D eigenvalue weighted by Gasteiger charge is -2.22. The van der Waals surface area contributed by atoms with Gasteiger partial charge in [0.2, 0.25) is 0 Å². The van der Waals surface area contributed by atoms with Crippen LogP contribution < -0.4 is 10.1 Å². The first-order valence-electron chi connectivity index (χ1n) is 6.85. The molecule has 1 atom stereocenters. The summed E-state index contributed by atoms with van der Waals surface area (Å²) in [7, 11) is 0. The van der Waals surface area contributed by atoms with E-state index in [1.54, 1.807) is 6.26 Å². The molecule has 2 aromatic rings. The van der Waals surface area contributed by atoms with Crippen molar-refractivity contribution in [2.45, 2.75) is 32.9 Å². The van der Waals surface area contributed by atoms with Crippen LogP contribution in [0.4, 0.5) is 0 Å². The van der Waals surface area contributed by atoms with Crippen molar-refractivity contribution >= 4 is 15.9 Å². The number of para-hydroxylation sites is 1. The fraction of sp³-hybridized carbons (Fsp3) is 0.375. The summed E-state index contributed by atoms with van der Waals surface area (Å²) < 4.78 is 12.0. The van der Waals surface area contributed by atoms with Gasteiger partial charge in [0.15, 0.2) is 4.67 Å². The highest BCUT2D eigenvalue weighted by atomic mass is 79.9. The molecule has 0 aliphatic rings. The van der Waals surface area contributed by atoms with Gasteiger partial charge in [0, 0.05) is 11.1 Å². The SMILES string of the molecule is CCNC(c1ccccc1OC(C)C)c1ccoc1Br. The van der Waals surface area contributed by atoms with Gasteiger partial charge >= 0.3 is 0 Å². The van der Waals surface area contributed by atoms with E-state index >= 15 is 0 Å². The Morgan fingerprint density at radius 1 is 1.20 bits per heavy atom. The smallest absolute Gasteiger partial charge is 0.174 e. The van der Waals surface area contributed by atoms with Crippen molar-refractivity contribution in [2.24, 2.45) is 0 Å². The molecule has 0 aliphatic carbocycles. The number of hydrogen-bond acceptors (Lipinski definition) is 3. The van der Waals surface area contributed by atoms with Crippen molar-refractivity contribution in [3.8, 4) is 5.75 Å². The first-order valence-corrected chi connectivity index (χ1v) is 7.64. The number of benzene rings is 1. The molecule has 0 amide bonds. The van der Waals surface area contributed by atoms with Gasteiger partial charge in [0.05, 0.1) is 18.4 Å². The van der Waals surface area contributed by atoms with E-state index in [4.69, 9.17) is 9.15 Å². The van der Waals surface area contributed by atoms with Gasteiger partial charge in [-0.05, 0) is 48.5 Å². The topological polar surface area (TPSA) is 34.4 Å². The maximum atomic E-state index is 5.92. The average Bonchev–Trinajstić information content (AvgIpc) is 2.82. The molecule has 2 rings (SSSR count). The van der Waals surface area contributed by atoms with E-state index in [1.807, 2.05) is 38.1 Å². The molecule has 4 heteroatoms. The van der Waals surface area contributed by atoms with Crippen molar-refractivity contribution < 1.29 is 9.15 Å². The van der Waals surface area contributed by atoms with E-state index in [2.05, 4.69) is 34.2 Å². The molecule has 0 fully saturated rings. The summed E-state index contributed by atoms with van der Waals surface area (Å²) in [6.07, 6.45) is 1.83. The summed E-state index contributed by atoms with van der Waals surface area (Å²) >= 11 is 3.46. The van der Waals surface area contributed by atoms with E-state index in [-0.39, 0.29) is 12.1 Å². The van der Waals surface area contributed by atoms with Gasteiger partial charge in [0.25, 0.3) is 0 Å². The maximum Gasteiger partial charge on any atom is 0.174 e. The first kappa shape index (κ1) is 15.1. The van der Waals surface area contributed by atoms with Crippen LogP contribution in [0.1, 0.15) is 37.9 Å². The highest BCUT2D eigenvalue weighted by Gasteiger charge is 2.21. The number of furan rings is 1. The lowest BCUT2D eigenvalue weighted by Crippen LogP contribution is -2.23. The third kappa shape index (κ3) is 3.44. The van der Waals surface area contributed by atoms with Gasteiger partial charge in [-0.3, -0.25) is 0 Å². The number of halogens is 1. The third-order valence-corrected chi connectivity index (χ3v) is 3.60. The molecule has 0 aliphatic heterocycles. The monoisotopic (exact) mass is 337 g/mol. The summed E-state index contributed by atoms with van der Waals surface area (Å²) in [5, 5.41) is 3.49. The minimum absolute atomic E-state index is 0.0445. The van der Waals surface area contributed by atoms with Crippen molar-refractivity contribution in [3.05, 3.63) is 52.4 Å². The Hall–Kier alpha value is -1.26. The van der Waals surface area contributed by atoms with Crippen molar-refractivity contribution in [3.63, 3.8) is 0 Å². The van der Waals surface area contributed by atoms with Crippen LogP contribution in [-0.4, -0.2) is 12.6 Å². The lowest BCUT2D eigenvalue weighted by atomic mass is 10.00. The molecular weight excluding hydrogens is 318 g/mol. The zero-order valence-corrected chi connectivity index (χ0v) is 13.6. The summed E-state index contributed by atoms with van der Waals surface area (Å²) in [4.78, 5) is 0. The van der Waals surface area contributed by atoms with Crippen LogP contribution in [0.3, 0.4) is 0 Å². The van der Waals surface area contributed by atoms with E-state index < -0.39 is 0 Å². The van der Waals surface area contributed by atoms with Gasteiger partial charge < -0.3 is 14.5 Å². The Balaban J connectivity index is 2.42. The molecule has 1 heterocycles. The zero-order chi connectivity index (χ0) is 14.5. The molecule has 1 aromatic carbocycles. The quantitative estimate of drug-likeness (QED) is 0.840. The van der Waals surface area contributed by atoms with Crippen LogP contribution >= 0.6 is 15.9 Å². The molecule has 0 bridgehead atoms. The van der Waals surface area contributed by atoms with Gasteiger partial charge in [-0.15, -0.1) is 0 Å². The molecule has 108 valence electrons. The predicted molar refractivity (Wildman–Crippen MR) is 84.1 cm³/mol. The second-order valence-corrected chi connectivity index (χ2v) is 5.57. The molecule has 0 saturated heterocycles. The highest BCUT2D eigenvalue weighted by Crippen LogP contribution is 2.34. The standard InChI is InChI=1S/C16H20BrNO2/c1-4-18-15(13-9-10-19-16(13)17)12-7-5-6-8-14(12)20-11(2)3/h5-11,15,18H,4H2,1-3H3. The first-order chi connectivity index (χ1) is 9.63. The van der Waals surface area contributed by atoms with Crippen molar-refractivity contribution in [2.75, 3.05) is 6.54 Å². The van der Waals surface area contributed by atoms with Crippen LogP contribution in [0.2, 0.25) is 0 Å². The summed E-state index contributed by atoms with van der Waals surface area (Å²) in [5.74, 6) is 0.904. The second-order valence-electron chi connectivity index (χ2n) is 4.84. The molecule has 1 N–H and O–H groups in total. The maximum absolute atomic E-state index is 5.92. The molecule has 1 aromatic heterocycles. The zero-order valence-electron chi connectivity index (χ0n) is 12.0. The molecule has 0 radical (unpaired) electrons. The van der Waals surface area contributed by atoms with Crippen LogP contribution in [0.25, 0.3) is 0 Å². The fourth-order valence-corrected chi connectivity index (χ4v) is 2.65. The second kappa shape index (κ2) is 6.95. The van der Waals surface area contributed by atoms with Gasteiger partial charge in [-0.2, -0.15) is 0 Å². The summed E-state index contributed by atoms with van der Waals surface area (Å²) in [5.41, 5.74) is 2.19. The van der Waals surface area contributed by atoms with E-state index in [0.717, 1.165) is 28.1 Å². The van der Waals surface area contributed by atoms with Crippen molar-refractivity contribution in [1.82, 2.24) is 5.32 Å². The Labute approximate surface area is 128 Å². The highest BCUT2D eigenvalue weighted by molar-refractivity contribution is 9.10. The van der Waals surface area contributed by atoms with Crippen LogP contribution in [0.15, 0.2) is 45.7 Å². The number of rotatable bonds is 6. The van der Waals surface area contributed by atoms with Crippen LogP contribution in [0, 0.1) is 0 Å². The van der Waals surface area contributed by atoms with Gasteiger partial charge in [-0.1, -0.05) is 25.1 Å². The normalized spacial score (nSPS) is 12.7. The molecule has 20 heavy (non-hydrogen) atoms. The predicted octanol–water partition coefficient (Wildman–Crippen LogP) is 4.53. The number of ether oxygens (including phenoxy) is 1. The largest absolute Gasteiger partial charge is 0.491 e. The van der Waals surface area contributed by atoms with E-state index in [1.165, 1.54) is 0 Å². The minimum Gasteiger partial charge on any atom is -0.491 e. The van der Waals surface area contributed by atoms with Gasteiger partial charge in [0.1, 0.15) is 5.75 Å². The van der Waals surface area contributed by atoms with Crippen LogP contribution in [-0.2, 0) is 0 Å². The average molecular weight is 338 g/mol. The lowest BCUT2D eigenvalue weighted by molar-refractivity contribution is 0.238. The Kier molecular flexibility index (Phi) is 5.26. The molecule has 3 nitrogen and oxygen atoms in total. The summed E-state index contributed by atoms with van der Waals surface area (Å²) in [6, 6.07) is 10.1. The molecular formula is C16H20BrNO2. The molecule has 0 spiro atoms.